The van der Waals surface area contributed by atoms with E-state index in [1.54, 1.807) is 10.8 Å². The molecule has 0 saturated heterocycles. The first-order chi connectivity index (χ1) is 7.33. The molecule has 15 heavy (non-hydrogen) atoms. The molecular weight excluding hydrogens is 210 g/mol. The zero-order chi connectivity index (χ0) is 10.3. The van der Waals surface area contributed by atoms with E-state index in [4.69, 9.17) is 5.73 Å². The Morgan fingerprint density at radius 2 is 2.00 bits per heavy atom. The summed E-state index contributed by atoms with van der Waals surface area (Å²) >= 11 is 1.50. The van der Waals surface area contributed by atoms with Crippen molar-refractivity contribution in [3.05, 3.63) is 30.6 Å². The van der Waals surface area contributed by atoms with Crippen LogP contribution >= 0.6 is 11.3 Å². The molecule has 0 saturated carbocycles. The largest absolute Gasteiger partial charge is 0.399 e. The Bertz CT molecular complexity index is 566. The SMILES string of the molecule is Nc1ccc(-c2nn3cnnc3s2)cc1. The van der Waals surface area contributed by atoms with E-state index in [1.807, 2.05) is 24.3 Å². The molecule has 1 aromatic carbocycles. The number of hydrogen-bond donors (Lipinski definition) is 1. The summed E-state index contributed by atoms with van der Waals surface area (Å²) < 4.78 is 1.66. The van der Waals surface area contributed by atoms with Crippen LogP contribution in [0, 0.1) is 0 Å². The molecule has 2 N–H and O–H groups in total. The zero-order valence-corrected chi connectivity index (χ0v) is 8.48. The summed E-state index contributed by atoms with van der Waals surface area (Å²) in [6, 6.07) is 7.61. The van der Waals surface area contributed by atoms with Gasteiger partial charge in [0, 0.05) is 11.3 Å². The van der Waals surface area contributed by atoms with Gasteiger partial charge in [-0.2, -0.15) is 9.61 Å². The molecule has 0 aliphatic carbocycles. The second-order valence-corrected chi connectivity index (χ2v) is 4.04. The number of fused-ring (bicyclic) bond motifs is 1. The smallest absolute Gasteiger partial charge is 0.234 e. The Morgan fingerprint density at radius 3 is 2.73 bits per heavy atom. The highest BCUT2D eigenvalue weighted by atomic mass is 32.1. The van der Waals surface area contributed by atoms with Crippen molar-refractivity contribution >= 4 is 22.0 Å². The number of aromatic nitrogens is 4. The average molecular weight is 217 g/mol. The predicted octanol–water partition coefficient (Wildman–Crippen LogP) is 1.43. The van der Waals surface area contributed by atoms with Crippen LogP contribution in [-0.2, 0) is 0 Å². The Balaban J connectivity index is 2.13. The summed E-state index contributed by atoms with van der Waals surface area (Å²) in [5, 5.41) is 12.9. The van der Waals surface area contributed by atoms with Crippen LogP contribution < -0.4 is 5.73 Å². The molecule has 0 bridgehead atoms. The second-order valence-electron chi connectivity index (χ2n) is 3.09. The molecule has 3 rings (SSSR count). The van der Waals surface area contributed by atoms with Crippen LogP contribution in [0.4, 0.5) is 5.69 Å². The number of anilines is 1. The van der Waals surface area contributed by atoms with Gasteiger partial charge in [-0.15, -0.1) is 10.2 Å². The summed E-state index contributed by atoms with van der Waals surface area (Å²) in [7, 11) is 0. The van der Waals surface area contributed by atoms with E-state index in [9.17, 15) is 0 Å². The molecule has 0 aliphatic rings. The van der Waals surface area contributed by atoms with Gasteiger partial charge >= 0.3 is 0 Å². The normalized spacial score (nSPS) is 10.9. The minimum absolute atomic E-state index is 0.752. The van der Waals surface area contributed by atoms with Crippen molar-refractivity contribution in [2.24, 2.45) is 0 Å². The highest BCUT2D eigenvalue weighted by Crippen LogP contribution is 2.24. The van der Waals surface area contributed by atoms with E-state index < -0.39 is 0 Å². The lowest BCUT2D eigenvalue weighted by Gasteiger charge is -1.95. The number of nitrogens with zero attached hydrogens (tertiary/aromatic N) is 4. The first kappa shape index (κ1) is 8.37. The van der Waals surface area contributed by atoms with Gasteiger partial charge in [-0.25, -0.2) is 0 Å². The molecule has 0 spiro atoms. The van der Waals surface area contributed by atoms with Gasteiger partial charge in [0.05, 0.1) is 0 Å². The minimum Gasteiger partial charge on any atom is -0.399 e. The van der Waals surface area contributed by atoms with Crippen LogP contribution in [0.25, 0.3) is 15.5 Å². The third-order valence-electron chi connectivity index (χ3n) is 2.04. The van der Waals surface area contributed by atoms with Gasteiger partial charge in [0.25, 0.3) is 0 Å². The molecule has 3 aromatic rings. The maximum absolute atomic E-state index is 5.62. The summed E-state index contributed by atoms with van der Waals surface area (Å²) in [6.07, 6.45) is 1.59. The van der Waals surface area contributed by atoms with Crippen molar-refractivity contribution in [3.63, 3.8) is 0 Å². The second kappa shape index (κ2) is 3.03. The van der Waals surface area contributed by atoms with Crippen LogP contribution in [-0.4, -0.2) is 19.8 Å². The molecule has 5 nitrogen and oxygen atoms in total. The van der Waals surface area contributed by atoms with Crippen molar-refractivity contribution in [1.29, 1.82) is 0 Å². The van der Waals surface area contributed by atoms with Crippen LogP contribution in [0.5, 0.6) is 0 Å². The topological polar surface area (TPSA) is 69.1 Å². The molecule has 2 heterocycles. The number of nitrogen functional groups attached to an aromatic ring is 1. The fourth-order valence-corrected chi connectivity index (χ4v) is 2.13. The zero-order valence-electron chi connectivity index (χ0n) is 7.66. The lowest BCUT2D eigenvalue weighted by molar-refractivity contribution is 0.960. The first-order valence-electron chi connectivity index (χ1n) is 4.36. The lowest BCUT2D eigenvalue weighted by atomic mass is 10.2. The van der Waals surface area contributed by atoms with E-state index in [0.29, 0.717) is 0 Å². The van der Waals surface area contributed by atoms with Crippen LogP contribution in [0.2, 0.25) is 0 Å². The number of nitrogens with two attached hydrogens (primary N) is 1. The molecule has 0 unspecified atom stereocenters. The molecular formula is C9H7N5S. The third-order valence-corrected chi connectivity index (χ3v) is 3.01. The van der Waals surface area contributed by atoms with Gasteiger partial charge in [-0.05, 0) is 24.3 Å². The monoisotopic (exact) mass is 217 g/mol. The van der Waals surface area contributed by atoms with E-state index in [-0.39, 0.29) is 0 Å². The van der Waals surface area contributed by atoms with Gasteiger partial charge < -0.3 is 5.73 Å². The molecule has 0 aliphatic heterocycles. The van der Waals surface area contributed by atoms with E-state index in [2.05, 4.69) is 15.3 Å². The third kappa shape index (κ3) is 1.35. The highest BCUT2D eigenvalue weighted by Gasteiger charge is 2.06. The quantitative estimate of drug-likeness (QED) is 0.626. The predicted molar refractivity (Wildman–Crippen MR) is 58.5 cm³/mol. The Kier molecular flexibility index (Phi) is 1.69. The van der Waals surface area contributed by atoms with Gasteiger partial charge in [0.15, 0.2) is 0 Å². The van der Waals surface area contributed by atoms with Crippen LogP contribution in [0.1, 0.15) is 0 Å². The van der Waals surface area contributed by atoms with Crippen molar-refractivity contribution in [2.45, 2.75) is 0 Å². The Labute approximate surface area is 89.2 Å². The van der Waals surface area contributed by atoms with Crippen LogP contribution in [0.3, 0.4) is 0 Å². The van der Waals surface area contributed by atoms with E-state index >= 15 is 0 Å². The lowest BCUT2D eigenvalue weighted by Crippen LogP contribution is -1.85. The van der Waals surface area contributed by atoms with Gasteiger partial charge in [-0.1, -0.05) is 11.3 Å². The Morgan fingerprint density at radius 1 is 1.20 bits per heavy atom. The maximum Gasteiger partial charge on any atom is 0.234 e. The summed E-state index contributed by atoms with van der Waals surface area (Å²) in [5.41, 5.74) is 7.41. The van der Waals surface area contributed by atoms with Crippen molar-refractivity contribution < 1.29 is 0 Å². The highest BCUT2D eigenvalue weighted by molar-refractivity contribution is 7.19. The summed E-state index contributed by atoms with van der Waals surface area (Å²) in [4.78, 5) is 0.793. The number of hydrogen-bond acceptors (Lipinski definition) is 5. The van der Waals surface area contributed by atoms with Gasteiger partial charge in [0.2, 0.25) is 4.96 Å². The van der Waals surface area contributed by atoms with Gasteiger partial charge in [-0.3, -0.25) is 0 Å². The minimum atomic E-state index is 0.752. The van der Waals surface area contributed by atoms with E-state index in [0.717, 1.165) is 21.2 Å². The fraction of sp³-hybridized carbons (Fsp3) is 0. The molecule has 2 aromatic heterocycles. The molecule has 0 fully saturated rings. The standard InChI is InChI=1S/C9H7N5S/c10-7-3-1-6(2-4-7)8-13-14-5-11-12-9(14)15-8/h1-5H,10H2. The van der Waals surface area contributed by atoms with Crippen molar-refractivity contribution in [2.75, 3.05) is 5.73 Å². The van der Waals surface area contributed by atoms with Crippen molar-refractivity contribution in [3.8, 4) is 10.6 Å². The van der Waals surface area contributed by atoms with E-state index in [1.165, 1.54) is 11.3 Å². The fourth-order valence-electron chi connectivity index (χ4n) is 1.30. The summed E-state index contributed by atoms with van der Waals surface area (Å²) in [5.74, 6) is 0. The van der Waals surface area contributed by atoms with Gasteiger partial charge in [0.1, 0.15) is 11.3 Å². The van der Waals surface area contributed by atoms with Crippen molar-refractivity contribution in [1.82, 2.24) is 19.8 Å². The number of benzene rings is 1. The number of rotatable bonds is 1. The molecule has 0 amide bonds. The first-order valence-corrected chi connectivity index (χ1v) is 5.17. The maximum atomic E-state index is 5.62. The molecule has 0 radical (unpaired) electrons. The molecule has 74 valence electrons. The Hall–Kier alpha value is -1.95. The average Bonchev–Trinajstić information content (AvgIpc) is 2.78. The molecule has 0 atom stereocenters. The molecule has 6 heteroatoms. The summed E-state index contributed by atoms with van der Waals surface area (Å²) in [6.45, 7) is 0. The van der Waals surface area contributed by atoms with Crippen LogP contribution in [0.15, 0.2) is 30.6 Å².